The summed E-state index contributed by atoms with van der Waals surface area (Å²) < 4.78 is 11.6. The van der Waals surface area contributed by atoms with E-state index >= 15 is 0 Å². The Hall–Kier alpha value is -0.900. The monoisotopic (exact) mass is 322 g/mol. The van der Waals surface area contributed by atoms with Crippen LogP contribution in [0.2, 0.25) is 0 Å². The minimum absolute atomic E-state index is 0.126. The third-order valence-electron chi connectivity index (χ3n) is 6.43. The first-order valence-corrected chi connectivity index (χ1v) is 9.41. The first kappa shape index (κ1) is 16.9. The molecule has 0 amide bonds. The number of fused-ring (bicyclic) bond motifs is 6. The third kappa shape index (κ3) is 2.54. The molecule has 2 aliphatic heterocycles. The number of rotatable bonds is 3. The van der Waals surface area contributed by atoms with E-state index in [1.54, 1.807) is 0 Å². The molecule has 23 heavy (non-hydrogen) atoms. The van der Waals surface area contributed by atoms with Gasteiger partial charge in [-0.1, -0.05) is 45.4 Å². The van der Waals surface area contributed by atoms with Gasteiger partial charge in [0.1, 0.15) is 0 Å². The van der Waals surface area contributed by atoms with Crippen molar-refractivity contribution in [2.24, 2.45) is 11.3 Å². The first-order chi connectivity index (χ1) is 11.1. The lowest BCUT2D eigenvalue weighted by molar-refractivity contribution is -0.201. The summed E-state index contributed by atoms with van der Waals surface area (Å²) in [5.41, 5.74) is -1.35. The molecule has 3 rings (SSSR count). The Morgan fingerprint density at radius 2 is 1.91 bits per heavy atom. The fourth-order valence-corrected chi connectivity index (χ4v) is 5.35. The summed E-state index contributed by atoms with van der Waals surface area (Å²) in [6.45, 7) is 2.15. The van der Waals surface area contributed by atoms with Crippen molar-refractivity contribution in [1.29, 1.82) is 0 Å². The summed E-state index contributed by atoms with van der Waals surface area (Å²) >= 11 is 0. The molecule has 2 heterocycles. The van der Waals surface area contributed by atoms with E-state index in [-0.39, 0.29) is 29.4 Å². The van der Waals surface area contributed by atoms with Crippen LogP contribution in [-0.2, 0) is 19.1 Å². The summed E-state index contributed by atoms with van der Waals surface area (Å²) in [5, 5.41) is 0. The average Bonchev–Trinajstić information content (AvgIpc) is 2.94. The molecule has 3 fully saturated rings. The molecule has 3 aliphatic rings. The van der Waals surface area contributed by atoms with Crippen LogP contribution in [0.25, 0.3) is 0 Å². The van der Waals surface area contributed by atoms with Gasteiger partial charge in [0.05, 0.1) is 18.8 Å². The second-order valence-corrected chi connectivity index (χ2v) is 7.65. The number of hydrogen-bond acceptors (Lipinski definition) is 4. The molecule has 4 nitrogen and oxygen atoms in total. The van der Waals surface area contributed by atoms with Gasteiger partial charge < -0.3 is 9.47 Å². The van der Waals surface area contributed by atoms with Crippen molar-refractivity contribution in [1.82, 2.24) is 0 Å². The van der Waals surface area contributed by atoms with Crippen molar-refractivity contribution >= 4 is 11.8 Å². The maximum absolute atomic E-state index is 13.5. The second-order valence-electron chi connectivity index (χ2n) is 7.65. The van der Waals surface area contributed by atoms with Crippen molar-refractivity contribution in [2.75, 3.05) is 7.11 Å². The van der Waals surface area contributed by atoms with E-state index in [1.165, 1.54) is 20.0 Å². The molecule has 0 aromatic heterocycles. The lowest BCUT2D eigenvalue weighted by Crippen LogP contribution is -2.61. The zero-order valence-electron chi connectivity index (χ0n) is 14.6. The molecule has 4 bridgehead atoms. The standard InChI is InChI=1S/C19H30O4/c1-3-11-18-13-10-15(23-18)19(17(21)22-2)12-8-6-4-5-7-9-14(18)16(19)20/h14-15H,3-13H2,1-2H3/t14-,15-,18+,19+/m0/s1. The quantitative estimate of drug-likeness (QED) is 0.586. The van der Waals surface area contributed by atoms with Gasteiger partial charge in [-0.3, -0.25) is 9.59 Å². The average molecular weight is 322 g/mol. The number of carbonyl (C=O) groups excluding carboxylic acids is 2. The molecule has 4 heteroatoms. The number of hydrogen-bond donors (Lipinski definition) is 0. The predicted molar refractivity (Wildman–Crippen MR) is 87.0 cm³/mol. The van der Waals surface area contributed by atoms with Gasteiger partial charge in [0.15, 0.2) is 11.2 Å². The van der Waals surface area contributed by atoms with E-state index in [9.17, 15) is 9.59 Å². The van der Waals surface area contributed by atoms with Crippen molar-refractivity contribution in [3.8, 4) is 0 Å². The number of ketones is 1. The Bertz CT molecular complexity index is 474. The molecule has 0 unspecified atom stereocenters. The van der Waals surface area contributed by atoms with Crippen molar-refractivity contribution in [2.45, 2.75) is 89.3 Å². The molecule has 130 valence electrons. The zero-order valence-corrected chi connectivity index (χ0v) is 14.6. The number of methoxy groups -OCH3 is 1. The molecule has 1 aliphatic carbocycles. The largest absolute Gasteiger partial charge is 0.468 e. The molecule has 2 saturated heterocycles. The normalized spacial score (nSPS) is 40.7. The SMILES string of the molecule is CCC[C@]12CC[C@H](O1)[C@]1(C(=O)OC)CCCCCCC[C@H]2C1=O. The fraction of sp³-hybridized carbons (Fsp3) is 0.895. The van der Waals surface area contributed by atoms with E-state index in [2.05, 4.69) is 6.92 Å². The number of ether oxygens (including phenoxy) is 2. The highest BCUT2D eigenvalue weighted by Gasteiger charge is 2.67. The third-order valence-corrected chi connectivity index (χ3v) is 6.43. The van der Waals surface area contributed by atoms with Gasteiger partial charge in [-0.05, 0) is 32.1 Å². The number of Topliss-reactive ketones (excluding diaryl/α,β-unsaturated/α-hetero) is 1. The molecule has 1 saturated carbocycles. The predicted octanol–water partition coefficient (Wildman–Crippen LogP) is 3.81. The number of esters is 1. The first-order valence-electron chi connectivity index (χ1n) is 9.41. The summed E-state index contributed by atoms with van der Waals surface area (Å²) in [7, 11) is 1.40. The highest BCUT2D eigenvalue weighted by Crippen LogP contribution is 2.56. The minimum Gasteiger partial charge on any atom is -0.468 e. The molecule has 0 N–H and O–H groups in total. The van der Waals surface area contributed by atoms with Crippen LogP contribution in [-0.4, -0.2) is 30.6 Å². The van der Waals surface area contributed by atoms with Gasteiger partial charge >= 0.3 is 5.97 Å². The Kier molecular flexibility index (Phi) is 4.82. The fourth-order valence-electron chi connectivity index (χ4n) is 5.35. The highest BCUT2D eigenvalue weighted by molar-refractivity contribution is 6.07. The summed E-state index contributed by atoms with van der Waals surface area (Å²) in [5.74, 6) is -0.350. The topological polar surface area (TPSA) is 52.6 Å². The molecule has 4 atom stereocenters. The van der Waals surface area contributed by atoms with Gasteiger partial charge in [-0.2, -0.15) is 0 Å². The lowest BCUT2D eigenvalue weighted by Gasteiger charge is -2.48. The molecule has 0 spiro atoms. The molecular weight excluding hydrogens is 292 g/mol. The van der Waals surface area contributed by atoms with Crippen molar-refractivity contribution in [3.63, 3.8) is 0 Å². The van der Waals surface area contributed by atoms with Crippen LogP contribution in [0.4, 0.5) is 0 Å². The lowest BCUT2D eigenvalue weighted by atomic mass is 9.64. The molecule has 0 radical (unpaired) electrons. The van der Waals surface area contributed by atoms with Crippen molar-refractivity contribution < 1.29 is 19.1 Å². The Balaban J connectivity index is 2.03. The van der Waals surface area contributed by atoms with Gasteiger partial charge in [-0.15, -0.1) is 0 Å². The number of carbonyl (C=O) groups is 2. The van der Waals surface area contributed by atoms with Crippen LogP contribution >= 0.6 is 0 Å². The zero-order chi connectivity index (χ0) is 16.5. The van der Waals surface area contributed by atoms with Gasteiger partial charge in [-0.25, -0.2) is 0 Å². The van der Waals surface area contributed by atoms with Crippen LogP contribution in [0.5, 0.6) is 0 Å². The van der Waals surface area contributed by atoms with Crippen LogP contribution < -0.4 is 0 Å². The Morgan fingerprint density at radius 3 is 2.65 bits per heavy atom. The van der Waals surface area contributed by atoms with Crippen molar-refractivity contribution in [3.05, 3.63) is 0 Å². The van der Waals surface area contributed by atoms with Gasteiger partial charge in [0.25, 0.3) is 0 Å². The van der Waals surface area contributed by atoms with E-state index in [4.69, 9.17) is 9.47 Å². The van der Waals surface area contributed by atoms with Crippen LogP contribution in [0.1, 0.15) is 77.6 Å². The van der Waals surface area contributed by atoms with Crippen LogP contribution in [0, 0.1) is 11.3 Å². The smallest absolute Gasteiger partial charge is 0.322 e. The highest BCUT2D eigenvalue weighted by atomic mass is 16.5. The van der Waals surface area contributed by atoms with E-state index in [0.29, 0.717) is 6.42 Å². The summed E-state index contributed by atoms with van der Waals surface area (Å²) in [6, 6.07) is 0. The Morgan fingerprint density at radius 1 is 1.17 bits per heavy atom. The molecule has 0 aromatic carbocycles. The minimum atomic E-state index is -1.04. The Labute approximate surface area is 139 Å². The summed E-state index contributed by atoms with van der Waals surface area (Å²) in [6.07, 6.45) is 10.3. The van der Waals surface area contributed by atoms with Crippen LogP contribution in [0.3, 0.4) is 0 Å². The maximum Gasteiger partial charge on any atom is 0.322 e. The molecule has 0 aromatic rings. The van der Waals surface area contributed by atoms with E-state index < -0.39 is 5.41 Å². The van der Waals surface area contributed by atoms with E-state index in [1.807, 2.05) is 0 Å². The second kappa shape index (κ2) is 6.54. The summed E-state index contributed by atoms with van der Waals surface area (Å²) in [4.78, 5) is 26.2. The van der Waals surface area contributed by atoms with Crippen LogP contribution in [0.15, 0.2) is 0 Å². The molecular formula is C19H30O4. The van der Waals surface area contributed by atoms with Gasteiger partial charge in [0, 0.05) is 5.92 Å². The van der Waals surface area contributed by atoms with Gasteiger partial charge in [0.2, 0.25) is 0 Å². The van der Waals surface area contributed by atoms with E-state index in [0.717, 1.165) is 51.4 Å². The maximum atomic E-state index is 13.5.